The van der Waals surface area contributed by atoms with Crippen LogP contribution in [0.1, 0.15) is 39.0 Å². The van der Waals surface area contributed by atoms with Gasteiger partial charge in [-0.05, 0) is 32.2 Å². The summed E-state index contributed by atoms with van der Waals surface area (Å²) in [4.78, 5) is 24.6. The molecule has 1 unspecified atom stereocenters. The number of nitrogens with zero attached hydrogens (tertiary/aromatic N) is 1. The number of carboxylic acid groups (broad SMARTS) is 1. The van der Waals surface area contributed by atoms with Crippen LogP contribution in [0.2, 0.25) is 0 Å². The maximum absolute atomic E-state index is 11.8. The van der Waals surface area contributed by atoms with E-state index in [1.165, 1.54) is 0 Å². The number of aliphatic carboxylic acids is 1. The summed E-state index contributed by atoms with van der Waals surface area (Å²) in [6.07, 6.45) is 3.16. The predicted octanol–water partition coefficient (Wildman–Crippen LogP) is 0.169. The van der Waals surface area contributed by atoms with Gasteiger partial charge in [-0.1, -0.05) is 6.92 Å². The van der Waals surface area contributed by atoms with E-state index in [2.05, 4.69) is 17.1 Å². The number of likely N-dealkylation sites (tertiary alicyclic amines) is 1. The summed E-state index contributed by atoms with van der Waals surface area (Å²) >= 11 is 0. The third-order valence-electron chi connectivity index (χ3n) is 3.48. The third-order valence-corrected chi connectivity index (χ3v) is 3.48. The van der Waals surface area contributed by atoms with Gasteiger partial charge in [-0.3, -0.25) is 9.59 Å². The first-order chi connectivity index (χ1) is 9.02. The highest BCUT2D eigenvalue weighted by Gasteiger charge is 2.22. The molecule has 1 rings (SSSR count). The highest BCUT2D eigenvalue weighted by Crippen LogP contribution is 2.11. The summed E-state index contributed by atoms with van der Waals surface area (Å²) in [7, 11) is 0. The van der Waals surface area contributed by atoms with Gasteiger partial charge in [-0.15, -0.1) is 0 Å². The van der Waals surface area contributed by atoms with E-state index in [0.717, 1.165) is 38.9 Å². The number of carbonyl (C=O) groups is 2. The Labute approximate surface area is 114 Å². The predicted molar refractivity (Wildman–Crippen MR) is 72.7 cm³/mol. The minimum Gasteiger partial charge on any atom is -0.481 e. The lowest BCUT2D eigenvalue weighted by molar-refractivity contribution is -0.137. The summed E-state index contributed by atoms with van der Waals surface area (Å²) in [6.45, 7) is 5.28. The molecule has 0 aliphatic carbocycles. The van der Waals surface area contributed by atoms with E-state index >= 15 is 0 Å². The molecule has 1 fully saturated rings. The molecule has 0 aromatic rings. The van der Waals surface area contributed by atoms with Crippen molar-refractivity contribution in [2.45, 2.75) is 51.1 Å². The summed E-state index contributed by atoms with van der Waals surface area (Å²) in [5, 5.41) is 11.5. The van der Waals surface area contributed by atoms with Gasteiger partial charge in [0.2, 0.25) is 5.91 Å². The largest absolute Gasteiger partial charge is 0.481 e. The lowest BCUT2D eigenvalue weighted by Gasteiger charge is -2.32. The fourth-order valence-corrected chi connectivity index (χ4v) is 2.34. The van der Waals surface area contributed by atoms with Crippen molar-refractivity contribution in [2.24, 2.45) is 5.73 Å². The van der Waals surface area contributed by atoms with Crippen LogP contribution in [-0.2, 0) is 9.59 Å². The van der Waals surface area contributed by atoms with Gasteiger partial charge < -0.3 is 21.1 Å². The van der Waals surface area contributed by atoms with E-state index in [9.17, 15) is 9.59 Å². The minimum atomic E-state index is -0.920. The van der Waals surface area contributed by atoms with Crippen molar-refractivity contribution in [1.82, 2.24) is 10.2 Å². The Kier molecular flexibility index (Phi) is 6.80. The van der Waals surface area contributed by atoms with E-state index < -0.39 is 12.0 Å². The number of hydrogen-bond donors (Lipinski definition) is 3. The highest BCUT2D eigenvalue weighted by molar-refractivity contribution is 5.82. The topological polar surface area (TPSA) is 95.7 Å². The fourth-order valence-electron chi connectivity index (χ4n) is 2.34. The van der Waals surface area contributed by atoms with Crippen LogP contribution in [0.25, 0.3) is 0 Å². The Morgan fingerprint density at radius 3 is 2.58 bits per heavy atom. The Morgan fingerprint density at radius 1 is 1.42 bits per heavy atom. The molecule has 4 N–H and O–H groups in total. The molecule has 0 radical (unpaired) electrons. The molecule has 1 aliphatic heterocycles. The molecule has 6 heteroatoms. The summed E-state index contributed by atoms with van der Waals surface area (Å²) in [5.41, 5.74) is 5.67. The molecule has 0 saturated carbocycles. The fraction of sp³-hybridized carbons (Fsp3) is 0.846. The molecule has 6 nitrogen and oxygen atoms in total. The van der Waals surface area contributed by atoms with Crippen molar-refractivity contribution in [3.05, 3.63) is 0 Å². The van der Waals surface area contributed by atoms with Gasteiger partial charge >= 0.3 is 5.97 Å². The maximum Gasteiger partial charge on any atom is 0.303 e. The van der Waals surface area contributed by atoms with Crippen LogP contribution in [0.5, 0.6) is 0 Å². The molecule has 1 atom stereocenters. The van der Waals surface area contributed by atoms with E-state index in [1.54, 1.807) is 0 Å². The zero-order valence-electron chi connectivity index (χ0n) is 11.6. The van der Waals surface area contributed by atoms with E-state index in [4.69, 9.17) is 10.8 Å². The lowest BCUT2D eigenvalue weighted by Crippen LogP contribution is -2.49. The summed E-state index contributed by atoms with van der Waals surface area (Å²) in [6, 6.07) is -0.541. The van der Waals surface area contributed by atoms with Crippen molar-refractivity contribution in [3.63, 3.8) is 0 Å². The summed E-state index contributed by atoms with van der Waals surface area (Å²) in [5.74, 6) is -1.15. The van der Waals surface area contributed by atoms with Crippen LogP contribution >= 0.6 is 0 Å². The number of nitrogens with one attached hydrogen (secondary N) is 1. The number of carboxylic acids is 1. The molecule has 0 aromatic carbocycles. The Bertz CT molecular complexity index is 302. The van der Waals surface area contributed by atoms with Crippen LogP contribution in [0, 0.1) is 0 Å². The molecule has 0 bridgehead atoms. The van der Waals surface area contributed by atoms with Crippen LogP contribution in [0.15, 0.2) is 0 Å². The molecule has 19 heavy (non-hydrogen) atoms. The maximum atomic E-state index is 11.8. The smallest absolute Gasteiger partial charge is 0.303 e. The number of rotatable bonds is 7. The number of amides is 1. The van der Waals surface area contributed by atoms with Gasteiger partial charge in [0, 0.05) is 25.6 Å². The molecule has 1 aliphatic rings. The van der Waals surface area contributed by atoms with Gasteiger partial charge in [0.15, 0.2) is 0 Å². The monoisotopic (exact) mass is 271 g/mol. The molecule has 1 heterocycles. The third kappa shape index (κ3) is 6.02. The number of carbonyl (C=O) groups excluding carboxylic acids is 1. The SMILES string of the molecule is CCCN1CCC(NC(=O)C(N)CCC(=O)O)CC1. The molecule has 0 aromatic heterocycles. The number of nitrogens with two attached hydrogens (primary N) is 1. The van der Waals surface area contributed by atoms with Gasteiger partial charge in [0.05, 0.1) is 6.04 Å². The second-order valence-corrected chi connectivity index (χ2v) is 5.16. The molecular weight excluding hydrogens is 246 g/mol. The van der Waals surface area contributed by atoms with Gasteiger partial charge in [-0.25, -0.2) is 0 Å². The normalized spacial score (nSPS) is 19.1. The molecule has 1 amide bonds. The van der Waals surface area contributed by atoms with Crippen molar-refractivity contribution in [1.29, 1.82) is 0 Å². The molecule has 1 saturated heterocycles. The van der Waals surface area contributed by atoms with Crippen LogP contribution in [0.3, 0.4) is 0 Å². The average molecular weight is 271 g/mol. The molecule has 110 valence electrons. The minimum absolute atomic E-state index is 0.0659. The van der Waals surface area contributed by atoms with Crippen molar-refractivity contribution in [3.8, 4) is 0 Å². The number of hydrogen-bond acceptors (Lipinski definition) is 4. The average Bonchev–Trinajstić information content (AvgIpc) is 2.38. The quantitative estimate of drug-likeness (QED) is 0.613. The van der Waals surface area contributed by atoms with Crippen molar-refractivity contribution < 1.29 is 14.7 Å². The van der Waals surface area contributed by atoms with Gasteiger partial charge in [-0.2, -0.15) is 0 Å². The van der Waals surface area contributed by atoms with Crippen LogP contribution in [-0.4, -0.2) is 53.6 Å². The lowest BCUT2D eigenvalue weighted by atomic mass is 10.0. The Hall–Kier alpha value is -1.14. The van der Waals surface area contributed by atoms with E-state index in [-0.39, 0.29) is 24.8 Å². The standard InChI is InChI=1S/C13H25N3O3/c1-2-7-16-8-5-10(6-9-16)15-13(19)11(14)3-4-12(17)18/h10-11H,2-9,14H2,1H3,(H,15,19)(H,17,18). The second kappa shape index (κ2) is 8.12. The molecule has 0 spiro atoms. The zero-order valence-corrected chi connectivity index (χ0v) is 11.6. The number of piperidine rings is 1. The molecular formula is C13H25N3O3. The van der Waals surface area contributed by atoms with Crippen LogP contribution < -0.4 is 11.1 Å². The van der Waals surface area contributed by atoms with E-state index in [0.29, 0.717) is 0 Å². The first-order valence-corrected chi connectivity index (χ1v) is 7.03. The second-order valence-electron chi connectivity index (χ2n) is 5.16. The van der Waals surface area contributed by atoms with Gasteiger partial charge in [0.25, 0.3) is 0 Å². The first kappa shape index (κ1) is 15.9. The zero-order chi connectivity index (χ0) is 14.3. The van der Waals surface area contributed by atoms with Gasteiger partial charge in [0.1, 0.15) is 0 Å². The Morgan fingerprint density at radius 2 is 2.05 bits per heavy atom. The van der Waals surface area contributed by atoms with Crippen molar-refractivity contribution >= 4 is 11.9 Å². The summed E-state index contributed by atoms with van der Waals surface area (Å²) < 4.78 is 0. The van der Waals surface area contributed by atoms with E-state index in [1.807, 2.05) is 0 Å². The van der Waals surface area contributed by atoms with Crippen molar-refractivity contribution in [2.75, 3.05) is 19.6 Å². The highest BCUT2D eigenvalue weighted by atomic mass is 16.4. The first-order valence-electron chi connectivity index (χ1n) is 7.03. The van der Waals surface area contributed by atoms with Crippen LogP contribution in [0.4, 0.5) is 0 Å². The Balaban J connectivity index is 2.24.